The van der Waals surface area contributed by atoms with Gasteiger partial charge in [0, 0.05) is 31.1 Å². The second-order valence-electron chi connectivity index (χ2n) is 4.83. The van der Waals surface area contributed by atoms with E-state index in [1.54, 1.807) is 0 Å². The highest BCUT2D eigenvalue weighted by Gasteiger charge is 2.13. The summed E-state index contributed by atoms with van der Waals surface area (Å²) in [4.78, 5) is 16.3. The van der Waals surface area contributed by atoms with Crippen molar-refractivity contribution in [2.45, 2.75) is 33.7 Å². The van der Waals surface area contributed by atoms with E-state index in [-0.39, 0.29) is 5.91 Å². The van der Waals surface area contributed by atoms with E-state index in [4.69, 9.17) is 11.6 Å². The molecule has 0 bridgehead atoms. The summed E-state index contributed by atoms with van der Waals surface area (Å²) in [5, 5.41) is 0.718. The van der Waals surface area contributed by atoms with Gasteiger partial charge in [0.25, 0.3) is 0 Å². The topological polar surface area (TPSA) is 23.6 Å². The SMILES string of the molecule is CCC(=O)N(CCN(CC)CC)Cc1cccc(Cl)c1. The highest BCUT2D eigenvalue weighted by Crippen LogP contribution is 2.13. The fourth-order valence-electron chi connectivity index (χ4n) is 2.17. The van der Waals surface area contributed by atoms with Crippen molar-refractivity contribution in [1.82, 2.24) is 9.80 Å². The number of hydrogen-bond acceptors (Lipinski definition) is 2. The van der Waals surface area contributed by atoms with Gasteiger partial charge in [0.1, 0.15) is 0 Å². The van der Waals surface area contributed by atoms with Crippen LogP contribution in [0, 0.1) is 0 Å². The highest BCUT2D eigenvalue weighted by molar-refractivity contribution is 6.30. The van der Waals surface area contributed by atoms with Crippen LogP contribution in [0.25, 0.3) is 0 Å². The molecule has 0 aromatic heterocycles. The molecule has 0 heterocycles. The molecule has 20 heavy (non-hydrogen) atoms. The number of likely N-dealkylation sites (N-methyl/N-ethyl adjacent to an activating group) is 1. The molecule has 0 fully saturated rings. The second kappa shape index (κ2) is 8.98. The Bertz CT molecular complexity index is 419. The van der Waals surface area contributed by atoms with Crippen molar-refractivity contribution in [2.24, 2.45) is 0 Å². The van der Waals surface area contributed by atoms with Crippen LogP contribution < -0.4 is 0 Å². The lowest BCUT2D eigenvalue weighted by Crippen LogP contribution is -2.38. The molecule has 0 atom stereocenters. The van der Waals surface area contributed by atoms with E-state index in [9.17, 15) is 4.79 Å². The summed E-state index contributed by atoms with van der Waals surface area (Å²) in [6.45, 7) is 10.5. The Balaban J connectivity index is 2.67. The standard InChI is InChI=1S/C16H25ClN2O/c1-4-16(20)19(11-10-18(5-2)6-3)13-14-8-7-9-15(17)12-14/h7-9,12H,4-6,10-11,13H2,1-3H3. The first-order valence-corrected chi connectivity index (χ1v) is 7.73. The molecule has 0 radical (unpaired) electrons. The normalized spacial score (nSPS) is 10.8. The molecule has 0 unspecified atom stereocenters. The molecule has 0 saturated heterocycles. The molecule has 3 nitrogen and oxygen atoms in total. The van der Waals surface area contributed by atoms with Gasteiger partial charge in [-0.2, -0.15) is 0 Å². The minimum Gasteiger partial charge on any atom is -0.337 e. The number of amides is 1. The molecule has 0 saturated carbocycles. The summed E-state index contributed by atoms with van der Waals surface area (Å²) in [5.74, 6) is 0.192. The first kappa shape index (κ1) is 17.0. The average Bonchev–Trinajstić information content (AvgIpc) is 2.46. The Morgan fingerprint density at radius 1 is 1.15 bits per heavy atom. The third-order valence-corrected chi connectivity index (χ3v) is 3.73. The van der Waals surface area contributed by atoms with Crippen LogP contribution in [0.15, 0.2) is 24.3 Å². The van der Waals surface area contributed by atoms with Crippen LogP contribution >= 0.6 is 11.6 Å². The van der Waals surface area contributed by atoms with Crippen molar-refractivity contribution in [3.63, 3.8) is 0 Å². The summed E-state index contributed by atoms with van der Waals surface area (Å²) in [7, 11) is 0. The summed E-state index contributed by atoms with van der Waals surface area (Å²) >= 11 is 6.00. The monoisotopic (exact) mass is 296 g/mol. The molecule has 1 rings (SSSR count). The number of nitrogens with zero attached hydrogens (tertiary/aromatic N) is 2. The maximum Gasteiger partial charge on any atom is 0.222 e. The van der Waals surface area contributed by atoms with Gasteiger partial charge in [0.15, 0.2) is 0 Å². The van der Waals surface area contributed by atoms with Crippen LogP contribution in [-0.4, -0.2) is 41.9 Å². The van der Waals surface area contributed by atoms with E-state index in [2.05, 4.69) is 18.7 Å². The summed E-state index contributed by atoms with van der Waals surface area (Å²) in [5.41, 5.74) is 1.08. The van der Waals surface area contributed by atoms with Gasteiger partial charge in [-0.3, -0.25) is 4.79 Å². The molecule has 4 heteroatoms. The third-order valence-electron chi connectivity index (χ3n) is 3.50. The number of carbonyl (C=O) groups excluding carboxylic acids is 1. The van der Waals surface area contributed by atoms with Gasteiger partial charge in [-0.25, -0.2) is 0 Å². The van der Waals surface area contributed by atoms with Gasteiger partial charge in [-0.15, -0.1) is 0 Å². The number of rotatable bonds is 8. The first-order valence-electron chi connectivity index (χ1n) is 7.35. The van der Waals surface area contributed by atoms with E-state index < -0.39 is 0 Å². The van der Waals surface area contributed by atoms with Crippen LogP contribution in [0.5, 0.6) is 0 Å². The smallest absolute Gasteiger partial charge is 0.222 e. The lowest BCUT2D eigenvalue weighted by Gasteiger charge is -2.26. The molecule has 0 aliphatic carbocycles. The predicted molar refractivity (Wildman–Crippen MR) is 84.9 cm³/mol. The molecular weight excluding hydrogens is 272 g/mol. The quantitative estimate of drug-likeness (QED) is 0.734. The van der Waals surface area contributed by atoms with Gasteiger partial charge in [0.2, 0.25) is 5.91 Å². The van der Waals surface area contributed by atoms with Crippen molar-refractivity contribution in [3.05, 3.63) is 34.9 Å². The van der Waals surface area contributed by atoms with Crippen molar-refractivity contribution >= 4 is 17.5 Å². The molecular formula is C16H25ClN2O. The lowest BCUT2D eigenvalue weighted by molar-refractivity contribution is -0.131. The van der Waals surface area contributed by atoms with Crippen LogP contribution in [0.3, 0.4) is 0 Å². The predicted octanol–water partition coefficient (Wildman–Crippen LogP) is 3.42. The Morgan fingerprint density at radius 2 is 1.85 bits per heavy atom. The van der Waals surface area contributed by atoms with E-state index in [0.29, 0.717) is 13.0 Å². The third kappa shape index (κ3) is 5.51. The molecule has 0 N–H and O–H groups in total. The Kier molecular flexibility index (Phi) is 7.63. The maximum absolute atomic E-state index is 12.1. The zero-order valence-electron chi connectivity index (χ0n) is 12.7. The van der Waals surface area contributed by atoms with Crippen LogP contribution in [0.1, 0.15) is 32.8 Å². The minimum atomic E-state index is 0.192. The van der Waals surface area contributed by atoms with Crippen molar-refractivity contribution in [3.8, 4) is 0 Å². The van der Waals surface area contributed by atoms with Crippen molar-refractivity contribution in [2.75, 3.05) is 26.2 Å². The van der Waals surface area contributed by atoms with Crippen molar-refractivity contribution in [1.29, 1.82) is 0 Å². The number of benzene rings is 1. The van der Waals surface area contributed by atoms with E-state index >= 15 is 0 Å². The largest absolute Gasteiger partial charge is 0.337 e. The molecule has 1 aromatic carbocycles. The molecule has 1 aromatic rings. The van der Waals surface area contributed by atoms with Crippen molar-refractivity contribution < 1.29 is 4.79 Å². The summed E-state index contributed by atoms with van der Waals surface area (Å²) in [6.07, 6.45) is 0.540. The van der Waals surface area contributed by atoms with Gasteiger partial charge in [-0.05, 0) is 30.8 Å². The van der Waals surface area contributed by atoms with Crippen LogP contribution in [-0.2, 0) is 11.3 Å². The maximum atomic E-state index is 12.1. The Morgan fingerprint density at radius 3 is 2.40 bits per heavy atom. The summed E-state index contributed by atoms with van der Waals surface area (Å²) < 4.78 is 0. The number of hydrogen-bond donors (Lipinski definition) is 0. The highest BCUT2D eigenvalue weighted by atomic mass is 35.5. The second-order valence-corrected chi connectivity index (χ2v) is 5.26. The number of carbonyl (C=O) groups is 1. The van der Waals surface area contributed by atoms with Gasteiger partial charge < -0.3 is 9.80 Å². The first-order chi connectivity index (χ1) is 9.60. The molecule has 112 valence electrons. The zero-order valence-corrected chi connectivity index (χ0v) is 13.5. The van der Waals surface area contributed by atoms with E-state index in [0.717, 1.165) is 36.8 Å². The van der Waals surface area contributed by atoms with Crippen LogP contribution in [0.4, 0.5) is 0 Å². The van der Waals surface area contributed by atoms with Gasteiger partial charge in [-0.1, -0.05) is 44.5 Å². The fraction of sp³-hybridized carbons (Fsp3) is 0.562. The van der Waals surface area contributed by atoms with Crippen LogP contribution in [0.2, 0.25) is 5.02 Å². The Hall–Kier alpha value is -1.06. The molecule has 0 aliphatic heterocycles. The van der Waals surface area contributed by atoms with E-state index in [1.165, 1.54) is 0 Å². The average molecular weight is 297 g/mol. The summed E-state index contributed by atoms with van der Waals surface area (Å²) in [6, 6.07) is 7.72. The molecule has 1 amide bonds. The minimum absolute atomic E-state index is 0.192. The lowest BCUT2D eigenvalue weighted by atomic mass is 10.2. The van der Waals surface area contributed by atoms with E-state index in [1.807, 2.05) is 36.1 Å². The molecule has 0 aliphatic rings. The fourth-order valence-corrected chi connectivity index (χ4v) is 2.39. The number of halogens is 1. The van der Waals surface area contributed by atoms with Gasteiger partial charge in [0.05, 0.1) is 0 Å². The zero-order chi connectivity index (χ0) is 15.0. The molecule has 0 spiro atoms. The van der Waals surface area contributed by atoms with Gasteiger partial charge >= 0.3 is 0 Å². The Labute approximate surface area is 127 Å².